The van der Waals surface area contributed by atoms with Gasteiger partial charge in [-0.25, -0.2) is 13.9 Å². The van der Waals surface area contributed by atoms with Crippen molar-refractivity contribution in [2.75, 3.05) is 5.32 Å². The summed E-state index contributed by atoms with van der Waals surface area (Å²) in [5.41, 5.74) is 0.926. The van der Waals surface area contributed by atoms with Gasteiger partial charge in [-0.2, -0.15) is 0 Å². The molecule has 0 unspecified atom stereocenters. The number of halogens is 2. The lowest BCUT2D eigenvalue weighted by Gasteiger charge is -2.15. The average molecular weight is 366 g/mol. The van der Waals surface area contributed by atoms with Crippen molar-refractivity contribution < 1.29 is 4.39 Å². The number of hydrogen-bond donors (Lipinski definition) is 1. The zero-order valence-electron chi connectivity index (χ0n) is 13.5. The lowest BCUT2D eigenvalue weighted by atomic mass is 10.2. The molecule has 128 valence electrons. The Kier molecular flexibility index (Phi) is 4.14. The fraction of sp³-hybridized carbons (Fsp3) is 0. The van der Waals surface area contributed by atoms with E-state index in [1.807, 2.05) is 30.3 Å². The van der Waals surface area contributed by atoms with Crippen LogP contribution in [-0.4, -0.2) is 9.55 Å². The molecule has 0 spiro atoms. The molecule has 4 rings (SSSR count). The van der Waals surface area contributed by atoms with Crippen molar-refractivity contribution in [3.63, 3.8) is 0 Å². The number of rotatable bonds is 3. The van der Waals surface area contributed by atoms with Crippen molar-refractivity contribution in [2.24, 2.45) is 0 Å². The number of anilines is 2. The minimum absolute atomic E-state index is 0.116. The molecule has 6 heteroatoms. The highest BCUT2D eigenvalue weighted by atomic mass is 35.5. The highest BCUT2D eigenvalue weighted by molar-refractivity contribution is 6.31. The van der Waals surface area contributed by atoms with Gasteiger partial charge in [0.15, 0.2) is 0 Å². The standard InChI is InChI=1S/C20H13ClFN3O/c21-13-10-11-17-15(12-13)19(26)25(18-9-5-4-8-16(18)22)20(24-17)23-14-6-2-1-3-7-14/h1-12H,(H,23,24). The van der Waals surface area contributed by atoms with Crippen LogP contribution in [-0.2, 0) is 0 Å². The first-order chi connectivity index (χ1) is 12.6. The molecule has 0 bridgehead atoms. The molecule has 1 heterocycles. The molecule has 1 aromatic heterocycles. The van der Waals surface area contributed by atoms with Crippen LogP contribution in [0.2, 0.25) is 5.02 Å². The first-order valence-electron chi connectivity index (χ1n) is 7.93. The summed E-state index contributed by atoms with van der Waals surface area (Å²) >= 11 is 6.02. The van der Waals surface area contributed by atoms with E-state index in [-0.39, 0.29) is 11.6 Å². The van der Waals surface area contributed by atoms with Crippen molar-refractivity contribution in [1.82, 2.24) is 9.55 Å². The van der Waals surface area contributed by atoms with Crippen LogP contribution in [0.25, 0.3) is 16.6 Å². The quantitative estimate of drug-likeness (QED) is 0.560. The van der Waals surface area contributed by atoms with Gasteiger partial charge in [-0.15, -0.1) is 0 Å². The largest absolute Gasteiger partial charge is 0.325 e. The van der Waals surface area contributed by atoms with Crippen LogP contribution in [0, 0.1) is 5.82 Å². The molecule has 0 radical (unpaired) electrons. The van der Waals surface area contributed by atoms with Crippen molar-refractivity contribution in [3.05, 3.63) is 94.0 Å². The van der Waals surface area contributed by atoms with Crippen LogP contribution in [0.15, 0.2) is 77.6 Å². The van der Waals surface area contributed by atoms with E-state index in [0.717, 1.165) is 5.69 Å². The summed E-state index contributed by atoms with van der Waals surface area (Å²) in [6, 6.07) is 20.2. The van der Waals surface area contributed by atoms with Crippen LogP contribution in [0.1, 0.15) is 0 Å². The minimum Gasteiger partial charge on any atom is -0.325 e. The maximum atomic E-state index is 14.4. The van der Waals surface area contributed by atoms with E-state index < -0.39 is 11.4 Å². The SMILES string of the molecule is O=c1c2cc(Cl)ccc2nc(Nc2ccccc2)n1-c1ccccc1F. The predicted octanol–water partition coefficient (Wildman–Crippen LogP) is 4.92. The fourth-order valence-electron chi connectivity index (χ4n) is 2.75. The smallest absolute Gasteiger partial charge is 0.267 e. The van der Waals surface area contributed by atoms with Crippen molar-refractivity contribution in [3.8, 4) is 5.69 Å². The molecule has 0 amide bonds. The highest BCUT2D eigenvalue weighted by Gasteiger charge is 2.16. The summed E-state index contributed by atoms with van der Waals surface area (Å²) < 4.78 is 15.6. The number of hydrogen-bond acceptors (Lipinski definition) is 3. The number of nitrogens with zero attached hydrogens (tertiary/aromatic N) is 2. The predicted molar refractivity (Wildman–Crippen MR) is 102 cm³/mol. The molecule has 3 aromatic carbocycles. The van der Waals surface area contributed by atoms with Crippen LogP contribution < -0.4 is 10.9 Å². The van der Waals surface area contributed by atoms with Crippen molar-refractivity contribution in [1.29, 1.82) is 0 Å². The molecule has 0 fully saturated rings. The zero-order chi connectivity index (χ0) is 18.1. The van der Waals surface area contributed by atoms with E-state index in [2.05, 4.69) is 10.3 Å². The molecule has 0 saturated carbocycles. The number of para-hydroxylation sites is 2. The Morgan fingerprint density at radius 1 is 0.962 bits per heavy atom. The van der Waals surface area contributed by atoms with Gasteiger partial charge in [0.2, 0.25) is 5.95 Å². The summed E-state index contributed by atoms with van der Waals surface area (Å²) in [4.78, 5) is 17.6. The second-order valence-electron chi connectivity index (χ2n) is 5.68. The molecule has 0 atom stereocenters. The third-order valence-electron chi connectivity index (χ3n) is 3.95. The molecular formula is C20H13ClFN3O. The Labute approximate surface area is 153 Å². The molecule has 1 N–H and O–H groups in total. The number of nitrogens with one attached hydrogen (secondary N) is 1. The molecule has 0 aliphatic rings. The first kappa shape index (κ1) is 16.3. The Balaban J connectivity index is 2.02. The zero-order valence-corrected chi connectivity index (χ0v) is 14.2. The van der Waals surface area contributed by atoms with Crippen LogP contribution in [0.5, 0.6) is 0 Å². The van der Waals surface area contributed by atoms with Gasteiger partial charge in [-0.1, -0.05) is 41.9 Å². The Hall–Kier alpha value is -3.18. The van der Waals surface area contributed by atoms with E-state index in [9.17, 15) is 9.18 Å². The normalized spacial score (nSPS) is 10.8. The summed E-state index contributed by atoms with van der Waals surface area (Å²) in [5, 5.41) is 3.83. The summed E-state index contributed by atoms with van der Waals surface area (Å²) in [6.07, 6.45) is 0. The third kappa shape index (κ3) is 2.93. The summed E-state index contributed by atoms with van der Waals surface area (Å²) in [7, 11) is 0. The highest BCUT2D eigenvalue weighted by Crippen LogP contribution is 2.23. The Bertz CT molecular complexity index is 1160. The van der Waals surface area contributed by atoms with E-state index in [1.54, 1.807) is 24.3 Å². The maximum absolute atomic E-state index is 14.4. The minimum atomic E-state index is -0.520. The van der Waals surface area contributed by atoms with Gasteiger partial charge < -0.3 is 5.32 Å². The van der Waals surface area contributed by atoms with Gasteiger partial charge in [0.05, 0.1) is 16.6 Å². The van der Waals surface area contributed by atoms with Crippen molar-refractivity contribution >= 4 is 34.1 Å². The molecular weight excluding hydrogens is 353 g/mol. The van der Waals surface area contributed by atoms with E-state index in [4.69, 9.17) is 11.6 Å². The summed E-state index contributed by atoms with van der Waals surface area (Å²) in [6.45, 7) is 0. The monoisotopic (exact) mass is 365 g/mol. The average Bonchev–Trinajstić information content (AvgIpc) is 2.65. The molecule has 4 nitrogen and oxygen atoms in total. The summed E-state index contributed by atoms with van der Waals surface area (Å²) in [5.74, 6) is -0.296. The lowest BCUT2D eigenvalue weighted by Crippen LogP contribution is -2.23. The Morgan fingerprint density at radius 2 is 1.69 bits per heavy atom. The lowest BCUT2D eigenvalue weighted by molar-refractivity contribution is 0.616. The van der Waals surface area contributed by atoms with Gasteiger partial charge in [-0.05, 0) is 42.5 Å². The van der Waals surface area contributed by atoms with Crippen molar-refractivity contribution in [2.45, 2.75) is 0 Å². The maximum Gasteiger partial charge on any atom is 0.267 e. The van der Waals surface area contributed by atoms with Gasteiger partial charge in [0, 0.05) is 10.7 Å². The van der Waals surface area contributed by atoms with Gasteiger partial charge in [0.1, 0.15) is 5.82 Å². The second-order valence-corrected chi connectivity index (χ2v) is 6.12. The van der Waals surface area contributed by atoms with Crippen LogP contribution in [0.4, 0.5) is 16.0 Å². The van der Waals surface area contributed by atoms with E-state index >= 15 is 0 Å². The van der Waals surface area contributed by atoms with Crippen LogP contribution in [0.3, 0.4) is 0 Å². The molecule has 26 heavy (non-hydrogen) atoms. The third-order valence-corrected chi connectivity index (χ3v) is 4.19. The number of fused-ring (bicyclic) bond motifs is 1. The fourth-order valence-corrected chi connectivity index (χ4v) is 2.92. The van der Waals surface area contributed by atoms with Gasteiger partial charge in [-0.3, -0.25) is 4.79 Å². The number of aromatic nitrogens is 2. The molecule has 0 aliphatic heterocycles. The second kappa shape index (κ2) is 6.61. The number of benzene rings is 3. The molecule has 4 aromatic rings. The van der Waals surface area contributed by atoms with Gasteiger partial charge >= 0.3 is 0 Å². The Morgan fingerprint density at radius 3 is 2.46 bits per heavy atom. The van der Waals surface area contributed by atoms with Gasteiger partial charge in [0.25, 0.3) is 5.56 Å². The topological polar surface area (TPSA) is 46.9 Å². The first-order valence-corrected chi connectivity index (χ1v) is 8.30. The van der Waals surface area contributed by atoms with Crippen LogP contribution >= 0.6 is 11.6 Å². The van der Waals surface area contributed by atoms with E-state index in [0.29, 0.717) is 15.9 Å². The molecule has 0 saturated heterocycles. The van der Waals surface area contributed by atoms with E-state index in [1.165, 1.54) is 22.8 Å². The molecule has 0 aliphatic carbocycles.